The van der Waals surface area contributed by atoms with E-state index in [1.54, 1.807) is 0 Å². The fourth-order valence-corrected chi connectivity index (χ4v) is 1.95. The lowest BCUT2D eigenvalue weighted by atomic mass is 10.1. The van der Waals surface area contributed by atoms with Gasteiger partial charge < -0.3 is 10.3 Å². The lowest BCUT2D eigenvalue weighted by Crippen LogP contribution is -1.87. The third-order valence-electron chi connectivity index (χ3n) is 2.61. The summed E-state index contributed by atoms with van der Waals surface area (Å²) >= 11 is 6.12. The number of aryl methyl sites for hydroxylation is 1. The Labute approximate surface area is 96.0 Å². The highest BCUT2D eigenvalue weighted by Crippen LogP contribution is 2.29. The van der Waals surface area contributed by atoms with Gasteiger partial charge in [-0.05, 0) is 24.6 Å². The van der Waals surface area contributed by atoms with Gasteiger partial charge in [-0.3, -0.25) is 0 Å². The van der Waals surface area contributed by atoms with E-state index in [-0.39, 0.29) is 5.88 Å². The molecule has 0 unspecified atom stereocenters. The van der Waals surface area contributed by atoms with E-state index < -0.39 is 0 Å². The highest BCUT2D eigenvalue weighted by atomic mass is 35.5. The predicted molar refractivity (Wildman–Crippen MR) is 63.5 cm³/mol. The summed E-state index contributed by atoms with van der Waals surface area (Å²) in [5, 5.41) is 5.99. The SMILES string of the molecule is Cc1ccc(Cl)c2cc3c(N)onc3nc12. The van der Waals surface area contributed by atoms with Crippen LogP contribution in [0.3, 0.4) is 0 Å². The van der Waals surface area contributed by atoms with Crippen molar-refractivity contribution in [3.63, 3.8) is 0 Å². The minimum Gasteiger partial charge on any atom is -0.367 e. The maximum atomic E-state index is 6.12. The lowest BCUT2D eigenvalue weighted by Gasteiger charge is -2.02. The number of anilines is 1. The summed E-state index contributed by atoms with van der Waals surface area (Å²) in [4.78, 5) is 4.39. The molecule has 0 saturated heterocycles. The Morgan fingerprint density at radius 3 is 2.94 bits per heavy atom. The molecule has 5 heteroatoms. The van der Waals surface area contributed by atoms with E-state index >= 15 is 0 Å². The Morgan fingerprint density at radius 2 is 2.12 bits per heavy atom. The minimum atomic E-state index is 0.266. The molecular weight excluding hydrogens is 226 g/mol. The van der Waals surface area contributed by atoms with Crippen LogP contribution in [0.2, 0.25) is 5.02 Å². The van der Waals surface area contributed by atoms with Crippen molar-refractivity contribution in [2.75, 3.05) is 5.73 Å². The molecule has 0 radical (unpaired) electrons. The van der Waals surface area contributed by atoms with Crippen molar-refractivity contribution >= 4 is 39.4 Å². The van der Waals surface area contributed by atoms with Gasteiger partial charge in [-0.25, -0.2) is 4.98 Å². The van der Waals surface area contributed by atoms with Crippen molar-refractivity contribution < 1.29 is 4.52 Å². The standard InChI is InChI=1S/C11H8ClN3O/c1-5-2-3-8(12)6-4-7-10(13)16-15-11(7)14-9(5)6/h2-4H,13H2,1H3. The van der Waals surface area contributed by atoms with Crippen LogP contribution in [0.1, 0.15) is 5.56 Å². The third-order valence-corrected chi connectivity index (χ3v) is 2.94. The van der Waals surface area contributed by atoms with Crippen LogP contribution in [0.5, 0.6) is 0 Å². The van der Waals surface area contributed by atoms with Crippen LogP contribution in [0.25, 0.3) is 21.9 Å². The van der Waals surface area contributed by atoms with Gasteiger partial charge in [0.25, 0.3) is 0 Å². The highest BCUT2D eigenvalue weighted by Gasteiger charge is 2.11. The van der Waals surface area contributed by atoms with Gasteiger partial charge in [0.2, 0.25) is 11.5 Å². The van der Waals surface area contributed by atoms with Crippen LogP contribution in [0, 0.1) is 6.92 Å². The zero-order valence-electron chi connectivity index (χ0n) is 8.49. The van der Waals surface area contributed by atoms with E-state index in [2.05, 4.69) is 10.1 Å². The number of halogens is 1. The minimum absolute atomic E-state index is 0.266. The van der Waals surface area contributed by atoms with E-state index in [9.17, 15) is 0 Å². The quantitative estimate of drug-likeness (QED) is 0.648. The Bertz CT molecular complexity index is 705. The number of rotatable bonds is 0. The van der Waals surface area contributed by atoms with Gasteiger partial charge in [0.1, 0.15) is 0 Å². The number of hydrogen-bond acceptors (Lipinski definition) is 4. The maximum Gasteiger partial charge on any atom is 0.231 e. The van der Waals surface area contributed by atoms with E-state index in [4.69, 9.17) is 21.9 Å². The number of nitrogens with zero attached hydrogens (tertiary/aromatic N) is 2. The summed E-state index contributed by atoms with van der Waals surface area (Å²) in [6, 6.07) is 5.63. The molecule has 4 nitrogen and oxygen atoms in total. The summed E-state index contributed by atoms with van der Waals surface area (Å²) in [5.41, 5.74) is 8.02. The topological polar surface area (TPSA) is 64.9 Å². The molecule has 0 saturated carbocycles. The summed E-state index contributed by atoms with van der Waals surface area (Å²) in [6.45, 7) is 1.97. The van der Waals surface area contributed by atoms with Gasteiger partial charge in [0, 0.05) is 5.39 Å². The van der Waals surface area contributed by atoms with Crippen LogP contribution in [-0.4, -0.2) is 10.1 Å². The van der Waals surface area contributed by atoms with E-state index in [0.29, 0.717) is 16.1 Å². The monoisotopic (exact) mass is 233 g/mol. The molecule has 2 heterocycles. The number of nitrogen functional groups attached to an aromatic ring is 1. The van der Waals surface area contributed by atoms with E-state index in [0.717, 1.165) is 16.5 Å². The first kappa shape index (κ1) is 9.42. The number of pyridine rings is 1. The van der Waals surface area contributed by atoms with Crippen LogP contribution < -0.4 is 5.73 Å². The van der Waals surface area contributed by atoms with Crippen molar-refractivity contribution in [1.29, 1.82) is 0 Å². The Balaban J connectivity index is 2.57. The molecule has 0 amide bonds. The van der Waals surface area contributed by atoms with Gasteiger partial charge in [0.15, 0.2) is 0 Å². The predicted octanol–water partition coefficient (Wildman–Crippen LogP) is 2.92. The van der Waals surface area contributed by atoms with Gasteiger partial charge in [0.05, 0.1) is 15.9 Å². The molecule has 0 fully saturated rings. The zero-order chi connectivity index (χ0) is 11.3. The maximum absolute atomic E-state index is 6.12. The molecule has 3 rings (SSSR count). The average Bonchev–Trinajstić information content (AvgIpc) is 2.64. The third kappa shape index (κ3) is 1.17. The molecule has 0 spiro atoms. The molecule has 16 heavy (non-hydrogen) atoms. The number of nitrogens with two attached hydrogens (primary N) is 1. The molecule has 0 aliphatic heterocycles. The van der Waals surface area contributed by atoms with Crippen molar-refractivity contribution in [3.8, 4) is 0 Å². The number of benzene rings is 1. The first-order valence-electron chi connectivity index (χ1n) is 4.77. The molecule has 80 valence electrons. The van der Waals surface area contributed by atoms with Crippen molar-refractivity contribution in [3.05, 3.63) is 28.8 Å². The number of hydrogen-bond donors (Lipinski definition) is 1. The molecule has 0 aliphatic rings. The fraction of sp³-hybridized carbons (Fsp3) is 0.0909. The van der Waals surface area contributed by atoms with E-state index in [1.807, 2.05) is 25.1 Å². The van der Waals surface area contributed by atoms with Crippen LogP contribution in [0.4, 0.5) is 5.88 Å². The molecule has 2 aromatic heterocycles. The smallest absolute Gasteiger partial charge is 0.231 e. The summed E-state index contributed by atoms with van der Waals surface area (Å²) in [5.74, 6) is 0.266. The van der Waals surface area contributed by atoms with Gasteiger partial charge in [-0.2, -0.15) is 0 Å². The molecule has 3 aromatic rings. The fourth-order valence-electron chi connectivity index (χ4n) is 1.75. The summed E-state index contributed by atoms with van der Waals surface area (Å²) < 4.78 is 4.89. The summed E-state index contributed by atoms with van der Waals surface area (Å²) in [6.07, 6.45) is 0. The molecule has 0 atom stereocenters. The molecule has 2 N–H and O–H groups in total. The van der Waals surface area contributed by atoms with Crippen molar-refractivity contribution in [2.45, 2.75) is 6.92 Å². The van der Waals surface area contributed by atoms with Gasteiger partial charge in [-0.15, -0.1) is 0 Å². The van der Waals surface area contributed by atoms with Gasteiger partial charge >= 0.3 is 0 Å². The first-order chi connectivity index (χ1) is 7.66. The van der Waals surface area contributed by atoms with Crippen LogP contribution >= 0.6 is 11.6 Å². The molecule has 0 aliphatic carbocycles. The Morgan fingerprint density at radius 1 is 1.31 bits per heavy atom. The largest absolute Gasteiger partial charge is 0.367 e. The Hall–Kier alpha value is -1.81. The normalized spacial score (nSPS) is 11.4. The van der Waals surface area contributed by atoms with Crippen molar-refractivity contribution in [1.82, 2.24) is 10.1 Å². The number of aromatic nitrogens is 2. The second-order valence-electron chi connectivity index (χ2n) is 3.67. The van der Waals surface area contributed by atoms with E-state index in [1.165, 1.54) is 0 Å². The lowest BCUT2D eigenvalue weighted by molar-refractivity contribution is 0.443. The average molecular weight is 234 g/mol. The van der Waals surface area contributed by atoms with Crippen LogP contribution in [0.15, 0.2) is 22.7 Å². The molecular formula is C11H8ClN3O. The molecule has 1 aromatic carbocycles. The van der Waals surface area contributed by atoms with Crippen molar-refractivity contribution in [2.24, 2.45) is 0 Å². The second-order valence-corrected chi connectivity index (χ2v) is 4.07. The summed E-state index contributed by atoms with van der Waals surface area (Å²) in [7, 11) is 0. The second kappa shape index (κ2) is 3.09. The molecule has 0 bridgehead atoms. The Kier molecular flexibility index (Phi) is 1.82. The first-order valence-corrected chi connectivity index (χ1v) is 5.15. The number of fused-ring (bicyclic) bond motifs is 2. The highest BCUT2D eigenvalue weighted by molar-refractivity contribution is 6.35. The van der Waals surface area contributed by atoms with Crippen LogP contribution in [-0.2, 0) is 0 Å². The van der Waals surface area contributed by atoms with Gasteiger partial charge in [-0.1, -0.05) is 22.8 Å². The zero-order valence-corrected chi connectivity index (χ0v) is 9.25.